The summed E-state index contributed by atoms with van der Waals surface area (Å²) in [5.74, 6) is -0.117. The Morgan fingerprint density at radius 1 is 1.45 bits per heavy atom. The maximum absolute atomic E-state index is 12.2. The standard InChI is InChI=1S/C13H21N5O2/c1-17-12(7-14-16-17)13(20)15-10-3-2-4-11(10)18-6-5-9(19)8-18/h7,9-11,19H,2-6,8H2,1H3,(H,15,20)/t9?,10-,11+/m1/s1. The number of hydrogen-bond acceptors (Lipinski definition) is 5. The SMILES string of the molecule is Cn1nncc1C(=O)N[C@@H]1CCC[C@@H]1N1CCC(O)C1. The number of nitrogens with one attached hydrogen (secondary N) is 1. The molecular weight excluding hydrogens is 258 g/mol. The summed E-state index contributed by atoms with van der Waals surface area (Å²) in [6.45, 7) is 1.65. The van der Waals surface area contributed by atoms with Crippen LogP contribution in [0.25, 0.3) is 0 Å². The predicted molar refractivity (Wildman–Crippen MR) is 72.1 cm³/mol. The van der Waals surface area contributed by atoms with Gasteiger partial charge in [-0.1, -0.05) is 5.21 Å². The van der Waals surface area contributed by atoms with E-state index in [2.05, 4.69) is 20.5 Å². The molecule has 110 valence electrons. The van der Waals surface area contributed by atoms with Gasteiger partial charge in [0.05, 0.1) is 12.3 Å². The largest absolute Gasteiger partial charge is 0.392 e. The minimum atomic E-state index is -0.215. The third kappa shape index (κ3) is 2.55. The lowest BCUT2D eigenvalue weighted by atomic mass is 10.1. The number of aryl methyl sites for hydroxylation is 1. The molecule has 0 spiro atoms. The lowest BCUT2D eigenvalue weighted by Gasteiger charge is -2.29. The Balaban J connectivity index is 1.64. The molecule has 1 saturated carbocycles. The summed E-state index contributed by atoms with van der Waals surface area (Å²) in [5, 5.41) is 20.3. The second kappa shape index (κ2) is 5.49. The molecule has 3 atom stereocenters. The number of carbonyl (C=O) groups is 1. The Morgan fingerprint density at radius 2 is 2.30 bits per heavy atom. The average molecular weight is 279 g/mol. The fourth-order valence-electron chi connectivity index (χ4n) is 3.35. The molecule has 2 N–H and O–H groups in total. The van der Waals surface area contributed by atoms with Crippen molar-refractivity contribution < 1.29 is 9.90 Å². The first-order chi connectivity index (χ1) is 9.65. The van der Waals surface area contributed by atoms with Crippen molar-refractivity contribution in [3.8, 4) is 0 Å². The highest BCUT2D eigenvalue weighted by molar-refractivity contribution is 5.92. The van der Waals surface area contributed by atoms with Gasteiger partial charge in [0, 0.05) is 32.2 Å². The zero-order valence-electron chi connectivity index (χ0n) is 11.7. The molecule has 2 fully saturated rings. The van der Waals surface area contributed by atoms with Crippen molar-refractivity contribution in [1.29, 1.82) is 0 Å². The number of aliphatic hydroxyl groups is 1. The van der Waals surface area contributed by atoms with Gasteiger partial charge in [-0.15, -0.1) is 5.10 Å². The van der Waals surface area contributed by atoms with E-state index < -0.39 is 0 Å². The molecule has 1 aromatic heterocycles. The lowest BCUT2D eigenvalue weighted by molar-refractivity contribution is 0.0896. The quantitative estimate of drug-likeness (QED) is 0.782. The second-order valence-electron chi connectivity index (χ2n) is 5.76. The van der Waals surface area contributed by atoms with Gasteiger partial charge in [0.25, 0.3) is 5.91 Å². The minimum absolute atomic E-state index is 0.117. The highest BCUT2D eigenvalue weighted by Gasteiger charge is 2.36. The zero-order valence-corrected chi connectivity index (χ0v) is 11.7. The summed E-state index contributed by atoms with van der Waals surface area (Å²) in [4.78, 5) is 14.5. The molecule has 1 aromatic rings. The van der Waals surface area contributed by atoms with Gasteiger partial charge in [0.1, 0.15) is 5.69 Å². The van der Waals surface area contributed by atoms with E-state index in [0.29, 0.717) is 11.7 Å². The first kappa shape index (κ1) is 13.5. The number of hydrogen-bond donors (Lipinski definition) is 2. The fraction of sp³-hybridized carbons (Fsp3) is 0.769. The van der Waals surface area contributed by atoms with E-state index in [1.54, 1.807) is 7.05 Å². The van der Waals surface area contributed by atoms with Crippen molar-refractivity contribution in [3.63, 3.8) is 0 Å². The van der Waals surface area contributed by atoms with Crippen molar-refractivity contribution in [3.05, 3.63) is 11.9 Å². The van der Waals surface area contributed by atoms with Crippen molar-refractivity contribution in [2.75, 3.05) is 13.1 Å². The topological polar surface area (TPSA) is 83.3 Å². The van der Waals surface area contributed by atoms with E-state index in [9.17, 15) is 9.90 Å². The van der Waals surface area contributed by atoms with Gasteiger partial charge >= 0.3 is 0 Å². The first-order valence-electron chi connectivity index (χ1n) is 7.23. The number of carbonyl (C=O) groups excluding carboxylic acids is 1. The van der Waals surface area contributed by atoms with Gasteiger partial charge in [-0.2, -0.15) is 0 Å². The Kier molecular flexibility index (Phi) is 3.71. The van der Waals surface area contributed by atoms with Crippen LogP contribution in [-0.2, 0) is 7.05 Å². The smallest absolute Gasteiger partial charge is 0.271 e. The number of aliphatic hydroxyl groups excluding tert-OH is 1. The van der Waals surface area contributed by atoms with Crippen LogP contribution >= 0.6 is 0 Å². The molecule has 0 aromatic carbocycles. The van der Waals surface area contributed by atoms with Crippen LogP contribution in [0, 0.1) is 0 Å². The van der Waals surface area contributed by atoms with Crippen LogP contribution in [0.15, 0.2) is 6.20 Å². The molecule has 0 radical (unpaired) electrons. The Bertz CT molecular complexity index is 489. The molecule has 1 amide bonds. The third-order valence-electron chi connectivity index (χ3n) is 4.41. The van der Waals surface area contributed by atoms with Crippen LogP contribution in [0.4, 0.5) is 0 Å². The molecule has 1 aliphatic carbocycles. The van der Waals surface area contributed by atoms with E-state index >= 15 is 0 Å². The number of aromatic nitrogens is 3. The number of amides is 1. The molecule has 1 saturated heterocycles. The van der Waals surface area contributed by atoms with Gasteiger partial charge in [-0.3, -0.25) is 9.69 Å². The predicted octanol–water partition coefficient (Wildman–Crippen LogP) is -0.467. The summed E-state index contributed by atoms with van der Waals surface area (Å²) in [7, 11) is 1.71. The number of β-amino-alcohol motifs (C(OH)–C–C–N with tert-alkyl or cyclic N) is 1. The molecule has 20 heavy (non-hydrogen) atoms. The molecule has 0 bridgehead atoms. The molecule has 7 nitrogen and oxygen atoms in total. The van der Waals surface area contributed by atoms with Crippen molar-refractivity contribution >= 4 is 5.91 Å². The highest BCUT2D eigenvalue weighted by atomic mass is 16.3. The van der Waals surface area contributed by atoms with Gasteiger partial charge in [0.2, 0.25) is 0 Å². The van der Waals surface area contributed by atoms with Gasteiger partial charge in [0.15, 0.2) is 0 Å². The summed E-state index contributed by atoms with van der Waals surface area (Å²) in [6.07, 6.45) is 5.30. The molecule has 7 heteroatoms. The van der Waals surface area contributed by atoms with Gasteiger partial charge in [-0.25, -0.2) is 4.68 Å². The average Bonchev–Trinajstić information content (AvgIpc) is 3.10. The Labute approximate surface area is 117 Å². The Morgan fingerprint density at radius 3 is 2.95 bits per heavy atom. The summed E-state index contributed by atoms with van der Waals surface area (Å²) < 4.78 is 1.49. The van der Waals surface area contributed by atoms with Crippen LogP contribution in [-0.4, -0.2) is 62.2 Å². The molecule has 2 aliphatic rings. The maximum Gasteiger partial charge on any atom is 0.271 e. The van der Waals surface area contributed by atoms with E-state index in [0.717, 1.165) is 38.8 Å². The van der Waals surface area contributed by atoms with Crippen molar-refractivity contribution in [2.24, 2.45) is 7.05 Å². The molecule has 1 unspecified atom stereocenters. The highest BCUT2D eigenvalue weighted by Crippen LogP contribution is 2.27. The van der Waals surface area contributed by atoms with Crippen molar-refractivity contribution in [1.82, 2.24) is 25.2 Å². The van der Waals surface area contributed by atoms with E-state index in [4.69, 9.17) is 0 Å². The summed E-state index contributed by atoms with van der Waals surface area (Å²) >= 11 is 0. The zero-order chi connectivity index (χ0) is 14.1. The Hall–Kier alpha value is -1.47. The first-order valence-corrected chi connectivity index (χ1v) is 7.23. The summed E-state index contributed by atoms with van der Waals surface area (Å²) in [6, 6.07) is 0.500. The molecule has 3 rings (SSSR count). The van der Waals surface area contributed by atoms with E-state index in [-0.39, 0.29) is 18.1 Å². The number of rotatable bonds is 3. The van der Waals surface area contributed by atoms with Gasteiger partial charge in [-0.05, 0) is 25.7 Å². The minimum Gasteiger partial charge on any atom is -0.392 e. The van der Waals surface area contributed by atoms with Crippen LogP contribution in [0.3, 0.4) is 0 Å². The second-order valence-corrected chi connectivity index (χ2v) is 5.76. The molecule has 2 heterocycles. The van der Waals surface area contributed by atoms with Crippen LogP contribution < -0.4 is 5.32 Å². The van der Waals surface area contributed by atoms with Crippen molar-refractivity contribution in [2.45, 2.75) is 43.9 Å². The normalized spacial score (nSPS) is 30.8. The van der Waals surface area contributed by atoms with Crippen LogP contribution in [0.2, 0.25) is 0 Å². The monoisotopic (exact) mass is 279 g/mol. The fourth-order valence-corrected chi connectivity index (χ4v) is 3.35. The maximum atomic E-state index is 12.2. The van der Waals surface area contributed by atoms with Crippen LogP contribution in [0.5, 0.6) is 0 Å². The molecule has 1 aliphatic heterocycles. The number of nitrogens with zero attached hydrogens (tertiary/aromatic N) is 4. The van der Waals surface area contributed by atoms with Gasteiger partial charge < -0.3 is 10.4 Å². The molecular formula is C13H21N5O2. The summed E-state index contributed by atoms with van der Waals surface area (Å²) in [5.41, 5.74) is 0.483. The van der Waals surface area contributed by atoms with E-state index in [1.807, 2.05) is 0 Å². The number of likely N-dealkylation sites (tertiary alicyclic amines) is 1. The third-order valence-corrected chi connectivity index (χ3v) is 4.41. The lowest BCUT2D eigenvalue weighted by Crippen LogP contribution is -2.48. The van der Waals surface area contributed by atoms with Crippen LogP contribution in [0.1, 0.15) is 36.2 Å². The van der Waals surface area contributed by atoms with E-state index in [1.165, 1.54) is 10.9 Å².